The van der Waals surface area contributed by atoms with Crippen LogP contribution in [0.15, 0.2) is 36.5 Å². The second-order valence-electron chi connectivity index (χ2n) is 7.67. The van der Waals surface area contributed by atoms with Gasteiger partial charge in [-0.05, 0) is 56.5 Å². The van der Waals surface area contributed by atoms with Crippen molar-refractivity contribution >= 4 is 11.8 Å². The number of aryl methyl sites for hydroxylation is 1. The van der Waals surface area contributed by atoms with Gasteiger partial charge in [0.05, 0.1) is 32.4 Å². The Morgan fingerprint density at radius 3 is 2.35 bits per heavy atom. The lowest BCUT2D eigenvalue weighted by atomic mass is 9.91. The summed E-state index contributed by atoms with van der Waals surface area (Å²) in [5, 5.41) is 12.2. The Morgan fingerprint density at radius 2 is 1.79 bits per heavy atom. The van der Waals surface area contributed by atoms with E-state index in [1.807, 2.05) is 13.8 Å². The molecule has 1 heterocycles. The maximum Gasteiger partial charge on any atom is 0.253 e. The molecule has 2 aromatic rings. The quantitative estimate of drug-likeness (QED) is 0.164. The number of rotatable bonds is 14. The molecule has 0 saturated heterocycles. The van der Waals surface area contributed by atoms with Gasteiger partial charge in [-0.1, -0.05) is 0 Å². The number of carbonyl (C=O) groups is 2. The number of benzene rings is 1. The van der Waals surface area contributed by atoms with Crippen LogP contribution in [0.4, 0.5) is 0 Å². The van der Waals surface area contributed by atoms with E-state index in [-0.39, 0.29) is 32.1 Å². The van der Waals surface area contributed by atoms with Crippen LogP contribution < -0.4 is 20.3 Å². The first kappa shape index (κ1) is 27.0. The predicted molar refractivity (Wildman–Crippen MR) is 124 cm³/mol. The first-order valence-corrected chi connectivity index (χ1v) is 10.9. The summed E-state index contributed by atoms with van der Waals surface area (Å²) in [5.41, 5.74) is 3.68. The average Bonchev–Trinajstić information content (AvgIpc) is 2.85. The number of hydroxylamine groups is 1. The van der Waals surface area contributed by atoms with Gasteiger partial charge in [0.2, 0.25) is 5.91 Å². The number of nitrogens with one attached hydrogen (secondary N) is 2. The summed E-state index contributed by atoms with van der Waals surface area (Å²) in [6.07, 6.45) is 1.95. The Hall–Kier alpha value is -3.21. The Balaban J connectivity index is 2.20. The van der Waals surface area contributed by atoms with Crippen LogP contribution >= 0.6 is 0 Å². The molecule has 0 fully saturated rings. The largest absolute Gasteiger partial charge is 0.497 e. The molecule has 186 valence electrons. The molecule has 2 unspecified atom stereocenters. The van der Waals surface area contributed by atoms with Crippen molar-refractivity contribution in [1.29, 1.82) is 0 Å². The van der Waals surface area contributed by atoms with Crippen LogP contribution in [0.1, 0.15) is 35.0 Å². The van der Waals surface area contributed by atoms with Gasteiger partial charge >= 0.3 is 0 Å². The maximum atomic E-state index is 12.8. The van der Waals surface area contributed by atoms with Crippen molar-refractivity contribution in [2.24, 2.45) is 5.92 Å². The fraction of sp³-hybridized carbons (Fsp3) is 0.458. The van der Waals surface area contributed by atoms with Crippen molar-refractivity contribution in [3.05, 3.63) is 53.3 Å². The van der Waals surface area contributed by atoms with Crippen LogP contribution in [0.5, 0.6) is 11.5 Å². The van der Waals surface area contributed by atoms with Crippen LogP contribution in [0.3, 0.4) is 0 Å². The lowest BCUT2D eigenvalue weighted by molar-refractivity contribution is -0.134. The highest BCUT2D eigenvalue weighted by atomic mass is 16.7. The van der Waals surface area contributed by atoms with Gasteiger partial charge in [0.15, 0.2) is 0 Å². The SMILES string of the molecule is CCOCOCC(CC(Cc1cc(OC)cc(OC)c1)C(=O)NO)NC(=O)c1ccc(C)nc1. The van der Waals surface area contributed by atoms with E-state index in [9.17, 15) is 14.8 Å². The third-order valence-electron chi connectivity index (χ3n) is 5.14. The van der Waals surface area contributed by atoms with Gasteiger partial charge in [-0.15, -0.1) is 0 Å². The topological polar surface area (TPSA) is 128 Å². The summed E-state index contributed by atoms with van der Waals surface area (Å²) in [7, 11) is 3.08. The number of nitrogens with zero attached hydrogens (tertiary/aromatic N) is 1. The van der Waals surface area contributed by atoms with E-state index in [1.165, 1.54) is 20.4 Å². The Labute approximate surface area is 199 Å². The molecule has 2 amide bonds. The maximum absolute atomic E-state index is 12.8. The molecule has 2 atom stereocenters. The highest BCUT2D eigenvalue weighted by Gasteiger charge is 2.26. The molecule has 0 radical (unpaired) electrons. The molecule has 34 heavy (non-hydrogen) atoms. The monoisotopic (exact) mass is 475 g/mol. The molecule has 0 spiro atoms. The summed E-state index contributed by atoms with van der Waals surface area (Å²) in [5.74, 6) is -0.450. The highest BCUT2D eigenvalue weighted by molar-refractivity contribution is 5.94. The van der Waals surface area contributed by atoms with Crippen LogP contribution in [-0.4, -0.2) is 62.3 Å². The molecule has 10 nitrogen and oxygen atoms in total. The normalized spacial score (nSPS) is 12.5. The first-order valence-electron chi connectivity index (χ1n) is 10.9. The standard InChI is InChI=1S/C24H33N3O7/c1-5-33-15-34-14-20(26-23(28)18-7-6-16(2)25-13-18)11-19(24(29)27-30)8-17-9-21(31-3)12-22(10-17)32-4/h6-7,9-10,12-13,19-20,30H,5,8,11,14-15H2,1-4H3,(H,26,28)(H,27,29). The zero-order valence-corrected chi connectivity index (χ0v) is 20.0. The van der Waals surface area contributed by atoms with Crippen molar-refractivity contribution in [3.8, 4) is 11.5 Å². The molecule has 0 aliphatic heterocycles. The molecular weight excluding hydrogens is 442 g/mol. The minimum Gasteiger partial charge on any atom is -0.497 e. The smallest absolute Gasteiger partial charge is 0.253 e. The molecule has 0 aliphatic rings. The van der Waals surface area contributed by atoms with E-state index in [2.05, 4.69) is 10.3 Å². The van der Waals surface area contributed by atoms with Gasteiger partial charge < -0.3 is 24.3 Å². The molecule has 3 N–H and O–H groups in total. The van der Waals surface area contributed by atoms with Crippen molar-refractivity contribution in [2.45, 2.75) is 32.7 Å². The van der Waals surface area contributed by atoms with Crippen LogP contribution in [-0.2, 0) is 20.7 Å². The molecule has 1 aromatic carbocycles. The minimum absolute atomic E-state index is 0.0545. The summed E-state index contributed by atoms with van der Waals surface area (Å²) < 4.78 is 21.4. The van der Waals surface area contributed by atoms with E-state index < -0.39 is 17.9 Å². The first-order chi connectivity index (χ1) is 16.4. The number of hydrogen-bond donors (Lipinski definition) is 3. The van der Waals surface area contributed by atoms with E-state index in [4.69, 9.17) is 18.9 Å². The van der Waals surface area contributed by atoms with E-state index in [1.54, 1.807) is 35.8 Å². The Bertz CT molecular complexity index is 899. The molecular formula is C24H33N3O7. The van der Waals surface area contributed by atoms with Crippen molar-refractivity contribution in [3.63, 3.8) is 0 Å². The Kier molecular flexibility index (Phi) is 11.2. The fourth-order valence-electron chi connectivity index (χ4n) is 3.36. The second-order valence-corrected chi connectivity index (χ2v) is 7.67. The number of carbonyl (C=O) groups excluding carboxylic acids is 2. The molecule has 2 rings (SSSR count). The number of methoxy groups -OCH3 is 2. The molecule has 0 bridgehead atoms. The number of aromatic nitrogens is 1. The van der Waals surface area contributed by atoms with E-state index in [0.717, 1.165) is 11.3 Å². The van der Waals surface area contributed by atoms with E-state index >= 15 is 0 Å². The van der Waals surface area contributed by atoms with Crippen LogP contribution in [0, 0.1) is 12.8 Å². The average molecular weight is 476 g/mol. The lowest BCUT2D eigenvalue weighted by Crippen LogP contribution is -2.42. The third kappa shape index (κ3) is 8.62. The van der Waals surface area contributed by atoms with Gasteiger partial charge in [0.25, 0.3) is 5.91 Å². The summed E-state index contributed by atoms with van der Waals surface area (Å²) >= 11 is 0. The van der Waals surface area contributed by atoms with Gasteiger partial charge in [-0.25, -0.2) is 5.48 Å². The van der Waals surface area contributed by atoms with Gasteiger partial charge in [-0.2, -0.15) is 0 Å². The third-order valence-corrected chi connectivity index (χ3v) is 5.14. The van der Waals surface area contributed by atoms with Gasteiger partial charge in [-0.3, -0.25) is 19.8 Å². The zero-order chi connectivity index (χ0) is 24.9. The zero-order valence-electron chi connectivity index (χ0n) is 20.0. The van der Waals surface area contributed by atoms with Crippen LogP contribution in [0.25, 0.3) is 0 Å². The minimum atomic E-state index is -0.682. The van der Waals surface area contributed by atoms with Gasteiger partial charge in [0.1, 0.15) is 18.3 Å². The molecule has 10 heteroatoms. The van der Waals surface area contributed by atoms with Crippen LogP contribution in [0.2, 0.25) is 0 Å². The molecule has 1 aromatic heterocycles. The molecule has 0 saturated carbocycles. The summed E-state index contributed by atoms with van der Waals surface area (Å²) in [4.78, 5) is 29.5. The van der Waals surface area contributed by atoms with Crippen molar-refractivity contribution in [1.82, 2.24) is 15.8 Å². The number of hydrogen-bond acceptors (Lipinski definition) is 8. The van der Waals surface area contributed by atoms with E-state index in [0.29, 0.717) is 23.7 Å². The fourth-order valence-corrected chi connectivity index (χ4v) is 3.36. The number of pyridine rings is 1. The molecule has 0 aliphatic carbocycles. The Morgan fingerprint density at radius 1 is 1.09 bits per heavy atom. The number of ether oxygens (including phenoxy) is 4. The van der Waals surface area contributed by atoms with Gasteiger partial charge in [0, 0.05) is 30.5 Å². The lowest BCUT2D eigenvalue weighted by Gasteiger charge is -2.24. The highest BCUT2D eigenvalue weighted by Crippen LogP contribution is 2.25. The van der Waals surface area contributed by atoms with Crippen molar-refractivity contribution in [2.75, 3.05) is 34.2 Å². The summed E-state index contributed by atoms with van der Waals surface area (Å²) in [6.45, 7) is 4.33. The summed E-state index contributed by atoms with van der Waals surface area (Å²) in [6, 6.07) is 8.19. The second kappa shape index (κ2) is 14.1. The predicted octanol–water partition coefficient (Wildman–Crippen LogP) is 2.27. The van der Waals surface area contributed by atoms with Crippen molar-refractivity contribution < 1.29 is 33.7 Å². The number of amides is 2.